The Labute approximate surface area is 132 Å². The van der Waals surface area contributed by atoms with E-state index in [1.807, 2.05) is 24.0 Å². The predicted molar refractivity (Wildman–Crippen MR) is 83.4 cm³/mol. The molecule has 1 atom stereocenters. The van der Waals surface area contributed by atoms with E-state index in [1.54, 1.807) is 10.7 Å². The van der Waals surface area contributed by atoms with Crippen LogP contribution < -0.4 is 4.90 Å². The number of hydrogen-bond donors (Lipinski definition) is 0. The molecule has 0 radical (unpaired) electrons. The lowest BCUT2D eigenvalue weighted by molar-refractivity contribution is 0.559. The fraction of sp³-hybridized carbons (Fsp3) is 0.294. The molecule has 3 aromatic rings. The van der Waals surface area contributed by atoms with Crippen LogP contribution in [0.15, 0.2) is 36.5 Å². The minimum Gasteiger partial charge on any atom is -0.348 e. The molecule has 1 fully saturated rings. The number of benzene rings is 1. The second-order valence-corrected chi connectivity index (χ2v) is 5.88. The smallest absolute Gasteiger partial charge is 0.153 e. The van der Waals surface area contributed by atoms with Crippen molar-refractivity contribution in [3.63, 3.8) is 0 Å². The van der Waals surface area contributed by atoms with E-state index in [9.17, 15) is 8.78 Å². The van der Waals surface area contributed by atoms with Crippen molar-refractivity contribution in [3.05, 3.63) is 59.4 Å². The van der Waals surface area contributed by atoms with Crippen LogP contribution in [0.1, 0.15) is 30.1 Å². The lowest BCUT2D eigenvalue weighted by atomic mass is 10.0. The summed E-state index contributed by atoms with van der Waals surface area (Å²) in [5.41, 5.74) is 2.11. The quantitative estimate of drug-likeness (QED) is 0.724. The highest BCUT2D eigenvalue weighted by atomic mass is 19.1. The number of imidazole rings is 1. The molecule has 1 aliphatic heterocycles. The lowest BCUT2D eigenvalue weighted by Gasteiger charge is -2.26. The van der Waals surface area contributed by atoms with Gasteiger partial charge in [-0.1, -0.05) is 0 Å². The van der Waals surface area contributed by atoms with E-state index >= 15 is 0 Å². The van der Waals surface area contributed by atoms with Crippen molar-refractivity contribution >= 4 is 11.5 Å². The Morgan fingerprint density at radius 3 is 2.91 bits per heavy atom. The van der Waals surface area contributed by atoms with Gasteiger partial charge in [-0.25, -0.2) is 18.3 Å². The van der Waals surface area contributed by atoms with Crippen molar-refractivity contribution < 1.29 is 8.78 Å². The molecule has 1 unspecified atom stereocenters. The molecule has 0 spiro atoms. The minimum atomic E-state index is -0.415. The number of hydrogen-bond acceptors (Lipinski definition) is 3. The summed E-state index contributed by atoms with van der Waals surface area (Å²) in [6.07, 6.45) is 3.46. The number of fused-ring (bicyclic) bond motifs is 1. The summed E-state index contributed by atoms with van der Waals surface area (Å²) in [6.45, 7) is 2.71. The number of anilines is 1. The molecule has 118 valence electrons. The summed E-state index contributed by atoms with van der Waals surface area (Å²) in [5.74, 6) is -0.0323. The Hall–Kier alpha value is -2.50. The number of nitrogens with zero attached hydrogens (tertiary/aromatic N) is 4. The number of rotatable bonds is 2. The van der Waals surface area contributed by atoms with Crippen LogP contribution in [-0.2, 0) is 0 Å². The fourth-order valence-electron chi connectivity index (χ4n) is 3.27. The predicted octanol–water partition coefficient (Wildman–Crippen LogP) is 3.66. The first-order valence-corrected chi connectivity index (χ1v) is 7.66. The molecule has 1 aliphatic rings. The van der Waals surface area contributed by atoms with Gasteiger partial charge in [0.25, 0.3) is 0 Å². The van der Waals surface area contributed by atoms with Gasteiger partial charge >= 0.3 is 0 Å². The fourth-order valence-corrected chi connectivity index (χ4v) is 3.27. The molecule has 1 aromatic carbocycles. The monoisotopic (exact) mass is 314 g/mol. The molecule has 0 saturated carbocycles. The third-order valence-electron chi connectivity index (χ3n) is 4.38. The largest absolute Gasteiger partial charge is 0.348 e. The Kier molecular flexibility index (Phi) is 3.25. The summed E-state index contributed by atoms with van der Waals surface area (Å²) in [4.78, 5) is 6.30. The molecule has 3 heterocycles. The summed E-state index contributed by atoms with van der Waals surface area (Å²) in [6, 6.07) is 7.22. The highest BCUT2D eigenvalue weighted by molar-refractivity contribution is 5.49. The van der Waals surface area contributed by atoms with Crippen molar-refractivity contribution in [3.8, 4) is 0 Å². The molecular weight excluding hydrogens is 298 g/mol. The zero-order chi connectivity index (χ0) is 16.0. The van der Waals surface area contributed by atoms with Crippen LogP contribution in [0.2, 0.25) is 0 Å². The molecule has 4 nitrogen and oxygen atoms in total. The molecule has 0 bridgehead atoms. The molecule has 0 amide bonds. The van der Waals surface area contributed by atoms with E-state index in [1.165, 1.54) is 12.1 Å². The maximum Gasteiger partial charge on any atom is 0.153 e. The SMILES string of the molecule is Cc1cnc2ccc(N3CCCC3c3cc(F)ccc3F)nn12. The number of aryl methyl sites for hydroxylation is 1. The summed E-state index contributed by atoms with van der Waals surface area (Å²) in [7, 11) is 0. The van der Waals surface area contributed by atoms with Crippen LogP contribution in [0.25, 0.3) is 5.65 Å². The van der Waals surface area contributed by atoms with E-state index < -0.39 is 5.82 Å². The second kappa shape index (κ2) is 5.30. The molecule has 23 heavy (non-hydrogen) atoms. The van der Waals surface area contributed by atoms with Gasteiger partial charge in [-0.05, 0) is 50.1 Å². The highest BCUT2D eigenvalue weighted by Crippen LogP contribution is 2.36. The van der Waals surface area contributed by atoms with Gasteiger partial charge in [0.05, 0.1) is 17.9 Å². The zero-order valence-corrected chi connectivity index (χ0v) is 12.7. The van der Waals surface area contributed by atoms with E-state index in [4.69, 9.17) is 0 Å². The molecule has 2 aromatic heterocycles. The summed E-state index contributed by atoms with van der Waals surface area (Å²) >= 11 is 0. The maximum atomic E-state index is 14.1. The van der Waals surface area contributed by atoms with Crippen molar-refractivity contribution in [1.29, 1.82) is 0 Å². The first-order valence-electron chi connectivity index (χ1n) is 7.66. The molecule has 6 heteroatoms. The van der Waals surface area contributed by atoms with E-state index in [0.29, 0.717) is 5.56 Å². The van der Waals surface area contributed by atoms with Crippen LogP contribution in [0.5, 0.6) is 0 Å². The molecular formula is C17H16F2N4. The van der Waals surface area contributed by atoms with Gasteiger partial charge in [-0.15, -0.1) is 5.10 Å². The van der Waals surface area contributed by atoms with Gasteiger partial charge in [0, 0.05) is 12.1 Å². The Balaban J connectivity index is 1.76. The van der Waals surface area contributed by atoms with Crippen LogP contribution in [0, 0.1) is 18.6 Å². The van der Waals surface area contributed by atoms with Crippen LogP contribution in [0.4, 0.5) is 14.6 Å². The summed E-state index contributed by atoms with van der Waals surface area (Å²) in [5, 5.41) is 4.61. The normalized spacial score (nSPS) is 18.0. The average molecular weight is 314 g/mol. The van der Waals surface area contributed by atoms with Crippen LogP contribution >= 0.6 is 0 Å². The van der Waals surface area contributed by atoms with Gasteiger partial charge in [0.2, 0.25) is 0 Å². The number of aromatic nitrogens is 3. The van der Waals surface area contributed by atoms with Crippen molar-refractivity contribution in [2.24, 2.45) is 0 Å². The van der Waals surface area contributed by atoms with Crippen molar-refractivity contribution in [1.82, 2.24) is 14.6 Å². The van der Waals surface area contributed by atoms with Crippen LogP contribution in [-0.4, -0.2) is 21.1 Å². The van der Waals surface area contributed by atoms with E-state index in [0.717, 1.165) is 42.6 Å². The standard InChI is InChI=1S/C17H16F2N4/c1-11-10-20-16-6-7-17(21-23(11)16)22-8-2-3-15(22)13-9-12(18)4-5-14(13)19/h4-7,9-10,15H,2-3,8H2,1H3. The molecule has 0 aliphatic carbocycles. The lowest BCUT2D eigenvalue weighted by Crippen LogP contribution is -2.25. The average Bonchev–Trinajstić information content (AvgIpc) is 3.17. The van der Waals surface area contributed by atoms with Crippen molar-refractivity contribution in [2.45, 2.75) is 25.8 Å². The first-order chi connectivity index (χ1) is 11.1. The Morgan fingerprint density at radius 2 is 2.04 bits per heavy atom. The van der Waals surface area contributed by atoms with Crippen molar-refractivity contribution in [2.75, 3.05) is 11.4 Å². The third kappa shape index (κ3) is 2.34. The maximum absolute atomic E-state index is 14.1. The Bertz CT molecular complexity index is 874. The highest BCUT2D eigenvalue weighted by Gasteiger charge is 2.29. The third-order valence-corrected chi connectivity index (χ3v) is 4.38. The topological polar surface area (TPSA) is 33.4 Å². The van der Waals surface area contributed by atoms with Gasteiger partial charge in [-0.3, -0.25) is 0 Å². The Morgan fingerprint density at radius 1 is 1.17 bits per heavy atom. The summed E-state index contributed by atoms with van der Waals surface area (Å²) < 4.78 is 29.5. The van der Waals surface area contributed by atoms with Gasteiger partial charge < -0.3 is 4.90 Å². The van der Waals surface area contributed by atoms with Gasteiger partial charge in [-0.2, -0.15) is 0 Å². The minimum absolute atomic E-state index is 0.195. The van der Waals surface area contributed by atoms with E-state index in [-0.39, 0.29) is 11.9 Å². The van der Waals surface area contributed by atoms with E-state index in [2.05, 4.69) is 10.1 Å². The molecule has 0 N–H and O–H groups in total. The van der Waals surface area contributed by atoms with Gasteiger partial charge in [0.1, 0.15) is 17.5 Å². The van der Waals surface area contributed by atoms with Gasteiger partial charge in [0.15, 0.2) is 5.65 Å². The second-order valence-electron chi connectivity index (χ2n) is 5.88. The number of halogens is 2. The molecule has 4 rings (SSSR count). The molecule has 1 saturated heterocycles. The first kappa shape index (κ1) is 14.1. The zero-order valence-electron chi connectivity index (χ0n) is 12.7. The van der Waals surface area contributed by atoms with Crippen LogP contribution in [0.3, 0.4) is 0 Å².